The molecular formula is C22H32N2O3. The van der Waals surface area contributed by atoms with E-state index in [4.69, 9.17) is 9.47 Å². The molecule has 1 aromatic rings. The first kappa shape index (κ1) is 19.9. The molecule has 0 unspecified atom stereocenters. The van der Waals surface area contributed by atoms with Gasteiger partial charge in [0, 0.05) is 30.3 Å². The highest BCUT2D eigenvalue weighted by atomic mass is 16.6. The number of aromatic nitrogens is 1. The molecule has 5 heteroatoms. The fraction of sp³-hybridized carbons (Fsp3) is 0.636. The van der Waals surface area contributed by atoms with Crippen LogP contribution in [0.1, 0.15) is 52.2 Å². The van der Waals surface area contributed by atoms with E-state index >= 15 is 0 Å². The third-order valence-corrected chi connectivity index (χ3v) is 6.53. The molecule has 1 N–H and O–H groups in total. The molecule has 0 radical (unpaired) electrons. The predicted molar refractivity (Wildman–Crippen MR) is 105 cm³/mol. The van der Waals surface area contributed by atoms with Gasteiger partial charge in [-0.05, 0) is 36.8 Å². The van der Waals surface area contributed by atoms with Crippen LogP contribution in [0.2, 0.25) is 0 Å². The topological polar surface area (TPSA) is 60.5 Å². The fourth-order valence-electron chi connectivity index (χ4n) is 4.72. The van der Waals surface area contributed by atoms with E-state index in [-0.39, 0.29) is 23.5 Å². The number of fused-ring (bicyclic) bond motifs is 2. The minimum Gasteiger partial charge on any atom is -0.449 e. The zero-order chi connectivity index (χ0) is 19.4. The zero-order valence-corrected chi connectivity index (χ0v) is 16.9. The molecule has 0 aromatic carbocycles. The molecule has 1 saturated heterocycles. The van der Waals surface area contributed by atoms with Crippen LogP contribution in [-0.2, 0) is 9.47 Å². The Bertz CT molecular complexity index is 675. The number of carbonyl (C=O) groups excluding carboxylic acids is 1. The van der Waals surface area contributed by atoms with Crippen LogP contribution in [0.5, 0.6) is 0 Å². The lowest BCUT2D eigenvalue weighted by Gasteiger charge is -2.55. The largest absolute Gasteiger partial charge is 0.449 e. The number of hydrogen-bond acceptors (Lipinski definition) is 4. The van der Waals surface area contributed by atoms with Crippen LogP contribution in [-0.4, -0.2) is 30.8 Å². The first-order valence-corrected chi connectivity index (χ1v) is 10.1. The second kappa shape index (κ2) is 8.42. The number of amides is 1. The van der Waals surface area contributed by atoms with Gasteiger partial charge in [0.25, 0.3) is 0 Å². The number of unbranched alkanes of at least 4 members (excludes halogenated alkanes) is 1. The van der Waals surface area contributed by atoms with Crippen molar-refractivity contribution in [2.45, 2.75) is 46.6 Å². The summed E-state index contributed by atoms with van der Waals surface area (Å²) in [6.45, 7) is 10.4. The maximum atomic E-state index is 12.1. The van der Waals surface area contributed by atoms with E-state index < -0.39 is 0 Å². The molecule has 5 atom stereocenters. The molecule has 0 spiro atoms. The number of alkyl carbamates (subject to hydrolysis) is 1. The monoisotopic (exact) mass is 372 g/mol. The van der Waals surface area contributed by atoms with Crippen molar-refractivity contribution in [3.63, 3.8) is 0 Å². The lowest BCUT2D eigenvalue weighted by Crippen LogP contribution is -2.54. The third-order valence-electron chi connectivity index (χ3n) is 6.53. The van der Waals surface area contributed by atoms with Gasteiger partial charge in [0.15, 0.2) is 0 Å². The highest BCUT2D eigenvalue weighted by Crippen LogP contribution is 2.56. The maximum absolute atomic E-state index is 12.1. The molecule has 0 saturated carbocycles. The lowest BCUT2D eigenvalue weighted by molar-refractivity contribution is -0.165. The van der Waals surface area contributed by atoms with Gasteiger partial charge in [0.1, 0.15) is 6.61 Å². The van der Waals surface area contributed by atoms with Gasteiger partial charge in [-0.1, -0.05) is 44.9 Å². The van der Waals surface area contributed by atoms with E-state index in [1.54, 1.807) is 6.20 Å². The normalized spacial score (nSPS) is 32.5. The molecule has 3 rings (SSSR count). The Morgan fingerprint density at radius 1 is 1.44 bits per heavy atom. The molecule has 27 heavy (non-hydrogen) atoms. The van der Waals surface area contributed by atoms with Crippen molar-refractivity contribution >= 4 is 6.09 Å². The number of nitrogens with one attached hydrogen (secondary N) is 1. The first-order chi connectivity index (χ1) is 13.0. The van der Waals surface area contributed by atoms with Crippen LogP contribution in [0.15, 0.2) is 36.2 Å². The van der Waals surface area contributed by atoms with Crippen LogP contribution in [0.25, 0.3) is 0 Å². The van der Waals surface area contributed by atoms with E-state index in [1.807, 2.05) is 12.3 Å². The van der Waals surface area contributed by atoms with Crippen LogP contribution < -0.4 is 5.32 Å². The van der Waals surface area contributed by atoms with Gasteiger partial charge in [-0.15, -0.1) is 0 Å². The van der Waals surface area contributed by atoms with Crippen molar-refractivity contribution in [2.75, 3.05) is 19.8 Å². The van der Waals surface area contributed by atoms with Gasteiger partial charge in [-0.2, -0.15) is 0 Å². The minimum absolute atomic E-state index is 0.00366. The lowest BCUT2D eigenvalue weighted by atomic mass is 9.56. The van der Waals surface area contributed by atoms with Crippen molar-refractivity contribution < 1.29 is 14.3 Å². The van der Waals surface area contributed by atoms with Gasteiger partial charge >= 0.3 is 6.09 Å². The Labute approximate surface area is 162 Å². The van der Waals surface area contributed by atoms with E-state index in [0.29, 0.717) is 31.6 Å². The summed E-state index contributed by atoms with van der Waals surface area (Å²) in [6.07, 6.45) is 7.72. The number of allylic oxidation sites excluding steroid dienone is 1. The second-order valence-electron chi connectivity index (χ2n) is 8.12. The standard InChI is InChI=1S/C22H32N2O3/c1-5-6-10-24-21(25)27-14-22-13-26-20(18-8-7-9-23-12-18)19(17(22)4)15(2)11-16(22)3/h7-9,11-12,16-17,19-20H,5-6,10,13-14H2,1-4H3,(H,24,25)/t16-,17-,19+,20-,22-/m1/s1. The Hall–Kier alpha value is -1.88. The fourth-order valence-corrected chi connectivity index (χ4v) is 4.72. The van der Waals surface area contributed by atoms with E-state index in [2.05, 4.69) is 50.1 Å². The summed E-state index contributed by atoms with van der Waals surface area (Å²) in [5, 5.41) is 2.84. The van der Waals surface area contributed by atoms with Gasteiger partial charge in [0.05, 0.1) is 12.7 Å². The molecule has 2 bridgehead atoms. The summed E-state index contributed by atoms with van der Waals surface area (Å²) in [5.41, 5.74) is 2.28. The van der Waals surface area contributed by atoms with E-state index in [1.165, 1.54) is 5.57 Å². The molecule has 1 amide bonds. The van der Waals surface area contributed by atoms with Crippen LogP contribution in [0.3, 0.4) is 0 Å². The number of hydrogen-bond donors (Lipinski definition) is 1. The van der Waals surface area contributed by atoms with Crippen LogP contribution >= 0.6 is 0 Å². The average Bonchev–Trinajstić information content (AvgIpc) is 2.66. The SMILES string of the molecule is CCCCNC(=O)OC[C@]12CO[C@H](c3cccnc3)[C@@H](C(C)=C[C@H]1C)[C@H]2C. The van der Waals surface area contributed by atoms with Crippen molar-refractivity contribution in [1.29, 1.82) is 0 Å². The van der Waals surface area contributed by atoms with Crippen LogP contribution in [0, 0.1) is 23.2 Å². The summed E-state index contributed by atoms with van der Waals surface area (Å²) in [4.78, 5) is 16.3. The molecule has 1 aliphatic heterocycles. The number of ether oxygens (including phenoxy) is 2. The Morgan fingerprint density at radius 3 is 2.96 bits per heavy atom. The van der Waals surface area contributed by atoms with Crippen molar-refractivity contribution in [1.82, 2.24) is 10.3 Å². The minimum atomic E-state index is -0.325. The quantitative estimate of drug-likeness (QED) is 0.589. The Kier molecular flexibility index (Phi) is 6.20. The number of pyridine rings is 1. The van der Waals surface area contributed by atoms with Gasteiger partial charge < -0.3 is 14.8 Å². The van der Waals surface area contributed by atoms with Gasteiger partial charge in [-0.25, -0.2) is 4.79 Å². The summed E-state index contributed by atoms with van der Waals surface area (Å²) >= 11 is 0. The predicted octanol–water partition coefficient (Wildman–Crippen LogP) is 4.51. The smallest absolute Gasteiger partial charge is 0.407 e. The third kappa shape index (κ3) is 3.88. The summed E-state index contributed by atoms with van der Waals surface area (Å²) in [6, 6.07) is 4.04. The second-order valence-corrected chi connectivity index (χ2v) is 8.12. The molecule has 1 aliphatic carbocycles. The highest BCUT2D eigenvalue weighted by molar-refractivity contribution is 5.67. The zero-order valence-electron chi connectivity index (χ0n) is 16.9. The highest BCUT2D eigenvalue weighted by Gasteiger charge is 2.54. The van der Waals surface area contributed by atoms with E-state index in [0.717, 1.165) is 18.4 Å². The van der Waals surface area contributed by atoms with Crippen molar-refractivity contribution in [3.05, 3.63) is 41.7 Å². The molecule has 1 fully saturated rings. The molecule has 148 valence electrons. The van der Waals surface area contributed by atoms with Gasteiger partial charge in [0.2, 0.25) is 0 Å². The molecule has 1 aromatic heterocycles. The summed E-state index contributed by atoms with van der Waals surface area (Å²) in [7, 11) is 0. The Balaban J connectivity index is 1.76. The van der Waals surface area contributed by atoms with Crippen molar-refractivity contribution in [3.8, 4) is 0 Å². The molecule has 5 nitrogen and oxygen atoms in total. The average molecular weight is 373 g/mol. The van der Waals surface area contributed by atoms with Crippen LogP contribution in [0.4, 0.5) is 4.79 Å². The number of nitrogens with zero attached hydrogens (tertiary/aromatic N) is 1. The maximum Gasteiger partial charge on any atom is 0.407 e. The molecular weight excluding hydrogens is 340 g/mol. The van der Waals surface area contributed by atoms with Gasteiger partial charge in [-0.3, -0.25) is 4.98 Å². The van der Waals surface area contributed by atoms with Crippen molar-refractivity contribution in [2.24, 2.45) is 23.2 Å². The summed E-state index contributed by atoms with van der Waals surface area (Å²) in [5.74, 6) is 0.910. The number of rotatable bonds is 6. The molecule has 2 heterocycles. The van der Waals surface area contributed by atoms with E-state index in [9.17, 15) is 4.79 Å². The summed E-state index contributed by atoms with van der Waals surface area (Å²) < 4.78 is 12.0. The molecule has 2 aliphatic rings. The number of carbonyl (C=O) groups is 1. The Morgan fingerprint density at radius 2 is 2.26 bits per heavy atom. The first-order valence-electron chi connectivity index (χ1n) is 10.1.